The number of hydrogen-bond donors (Lipinski definition) is 0. The highest BCUT2D eigenvalue weighted by atomic mass is 19.1. The van der Waals surface area contributed by atoms with Gasteiger partial charge in [-0.05, 0) is 77.1 Å². The van der Waals surface area contributed by atoms with Crippen LogP contribution >= 0.6 is 0 Å². The lowest BCUT2D eigenvalue weighted by Gasteiger charge is -2.20. The second-order valence-electron chi connectivity index (χ2n) is 9.03. The van der Waals surface area contributed by atoms with E-state index in [1.54, 1.807) is 12.1 Å². The van der Waals surface area contributed by atoms with Crippen LogP contribution in [0.25, 0.3) is 49.7 Å². The lowest BCUT2D eigenvalue weighted by atomic mass is 9.82. The van der Waals surface area contributed by atoms with Gasteiger partial charge in [0.2, 0.25) is 0 Å². The van der Waals surface area contributed by atoms with Gasteiger partial charge < -0.3 is 0 Å². The van der Waals surface area contributed by atoms with Crippen LogP contribution in [-0.4, -0.2) is 0 Å². The van der Waals surface area contributed by atoms with Crippen molar-refractivity contribution in [1.82, 2.24) is 0 Å². The molecule has 35 heavy (non-hydrogen) atoms. The third-order valence-electron chi connectivity index (χ3n) is 7.12. The monoisotopic (exact) mass is 452 g/mol. The Balaban J connectivity index is 1.92. The van der Waals surface area contributed by atoms with Crippen LogP contribution in [0.5, 0.6) is 0 Å². The second-order valence-corrected chi connectivity index (χ2v) is 9.03. The first-order valence-electron chi connectivity index (χ1n) is 12.1. The summed E-state index contributed by atoms with van der Waals surface area (Å²) in [5, 5.41) is 2.18. The van der Waals surface area contributed by atoms with Gasteiger partial charge in [0.05, 0.1) is 0 Å². The zero-order chi connectivity index (χ0) is 24.1. The summed E-state index contributed by atoms with van der Waals surface area (Å²) in [7, 11) is 0. The molecule has 0 saturated carbocycles. The highest BCUT2D eigenvalue weighted by Crippen LogP contribution is 2.56. The number of allylic oxidation sites excluding steroid dienone is 7. The Morgan fingerprint density at radius 1 is 0.743 bits per heavy atom. The molecule has 4 aromatic rings. The molecule has 2 aliphatic carbocycles. The van der Waals surface area contributed by atoms with E-state index >= 15 is 4.39 Å². The molecule has 0 N–H and O–H groups in total. The van der Waals surface area contributed by atoms with Gasteiger partial charge in [0, 0.05) is 27.8 Å². The SMILES string of the molecule is C/C=C\C(=C/C)c1c2c(c(-c3ccccc3F)c3ccccc13)C1=C=CC=C(C)c3cccc-2c31. The maximum atomic E-state index is 15.4. The van der Waals surface area contributed by atoms with E-state index < -0.39 is 0 Å². The van der Waals surface area contributed by atoms with Crippen LogP contribution in [0.15, 0.2) is 103 Å². The van der Waals surface area contributed by atoms with Crippen molar-refractivity contribution in [2.24, 2.45) is 0 Å². The molecule has 0 spiro atoms. The summed E-state index contributed by atoms with van der Waals surface area (Å²) in [6.07, 6.45) is 10.5. The van der Waals surface area contributed by atoms with Gasteiger partial charge in [-0.2, -0.15) is 0 Å². The van der Waals surface area contributed by atoms with Crippen LogP contribution in [0.1, 0.15) is 43.0 Å². The number of hydrogen-bond acceptors (Lipinski definition) is 0. The van der Waals surface area contributed by atoms with Gasteiger partial charge in [0.1, 0.15) is 5.82 Å². The molecule has 0 aromatic heterocycles. The third kappa shape index (κ3) is 3.06. The first-order valence-corrected chi connectivity index (χ1v) is 12.1. The Bertz CT molecular complexity index is 1700. The molecule has 2 aliphatic rings. The standard InChI is InChI=1S/C34H25F/c1-4-12-22(5-2)30-24-14-6-7-15-25(24)32(26-16-8-9-20-29(26)35)34-28-18-10-13-21(3)23-17-11-19-27(31(23)28)33(30)34/h4-17,19-20H,1-3H3/b12-4-,22-5+. The molecule has 0 saturated heterocycles. The lowest BCUT2D eigenvalue weighted by molar-refractivity contribution is 0.631. The summed E-state index contributed by atoms with van der Waals surface area (Å²) >= 11 is 0. The Labute approximate surface area is 205 Å². The molecule has 0 radical (unpaired) electrons. The fraction of sp³-hybridized carbons (Fsp3) is 0.0882. The van der Waals surface area contributed by atoms with E-state index in [0.29, 0.717) is 5.56 Å². The molecular weight excluding hydrogens is 427 g/mol. The van der Waals surface area contributed by atoms with E-state index in [2.05, 4.69) is 80.3 Å². The van der Waals surface area contributed by atoms with Crippen LogP contribution < -0.4 is 0 Å². The molecule has 0 nitrogen and oxygen atoms in total. The molecule has 0 bridgehead atoms. The molecular formula is C34H25F. The second kappa shape index (κ2) is 8.24. The Morgan fingerprint density at radius 2 is 1.46 bits per heavy atom. The normalized spacial score (nSPS) is 14.1. The maximum Gasteiger partial charge on any atom is 0.131 e. The van der Waals surface area contributed by atoms with Gasteiger partial charge in [-0.1, -0.05) is 85.0 Å². The van der Waals surface area contributed by atoms with Crippen LogP contribution in [0.2, 0.25) is 0 Å². The van der Waals surface area contributed by atoms with Crippen LogP contribution in [0.4, 0.5) is 4.39 Å². The van der Waals surface area contributed by atoms with E-state index in [4.69, 9.17) is 0 Å². The highest BCUT2D eigenvalue weighted by molar-refractivity contribution is 6.20. The van der Waals surface area contributed by atoms with Crippen molar-refractivity contribution in [3.8, 4) is 22.3 Å². The summed E-state index contributed by atoms with van der Waals surface area (Å²) in [4.78, 5) is 0. The predicted octanol–water partition coefficient (Wildman–Crippen LogP) is 9.61. The van der Waals surface area contributed by atoms with E-state index in [1.807, 2.05) is 31.2 Å². The lowest BCUT2D eigenvalue weighted by Crippen LogP contribution is -1.98. The molecule has 0 heterocycles. The number of fused-ring (bicyclic) bond motifs is 4. The quantitative estimate of drug-likeness (QED) is 0.189. The van der Waals surface area contributed by atoms with Gasteiger partial charge in [-0.25, -0.2) is 4.39 Å². The predicted molar refractivity (Wildman–Crippen MR) is 147 cm³/mol. The number of rotatable bonds is 3. The smallest absolute Gasteiger partial charge is 0.131 e. The van der Waals surface area contributed by atoms with Crippen molar-refractivity contribution < 1.29 is 4.39 Å². The highest BCUT2D eigenvalue weighted by Gasteiger charge is 2.34. The van der Waals surface area contributed by atoms with Crippen LogP contribution in [0, 0.1) is 5.82 Å². The van der Waals surface area contributed by atoms with Crippen LogP contribution in [-0.2, 0) is 0 Å². The molecule has 0 atom stereocenters. The Morgan fingerprint density at radius 3 is 2.23 bits per heavy atom. The van der Waals surface area contributed by atoms with Crippen molar-refractivity contribution in [2.45, 2.75) is 20.8 Å². The van der Waals surface area contributed by atoms with Gasteiger partial charge in [0.15, 0.2) is 0 Å². The Kier molecular flexibility index (Phi) is 5.02. The van der Waals surface area contributed by atoms with Crippen molar-refractivity contribution in [2.75, 3.05) is 0 Å². The first kappa shape index (κ1) is 21.4. The largest absolute Gasteiger partial charge is 0.206 e. The van der Waals surface area contributed by atoms with Crippen molar-refractivity contribution in [3.05, 3.63) is 131 Å². The Hall–Kier alpha value is -4.19. The number of benzene rings is 4. The van der Waals surface area contributed by atoms with Gasteiger partial charge in [0.25, 0.3) is 0 Å². The molecule has 0 fully saturated rings. The first-order chi connectivity index (χ1) is 17.2. The van der Waals surface area contributed by atoms with Crippen molar-refractivity contribution in [1.29, 1.82) is 0 Å². The van der Waals surface area contributed by atoms with E-state index in [9.17, 15) is 0 Å². The topological polar surface area (TPSA) is 0 Å². The molecule has 0 amide bonds. The number of halogens is 1. The minimum atomic E-state index is -0.212. The fourth-order valence-electron chi connectivity index (χ4n) is 5.67. The average molecular weight is 453 g/mol. The van der Waals surface area contributed by atoms with Gasteiger partial charge >= 0.3 is 0 Å². The molecule has 0 unspecified atom stereocenters. The van der Waals surface area contributed by atoms with Gasteiger partial charge in [-0.15, -0.1) is 5.73 Å². The van der Waals surface area contributed by atoms with Crippen LogP contribution in [0.3, 0.4) is 0 Å². The van der Waals surface area contributed by atoms with Crippen molar-refractivity contribution >= 4 is 27.5 Å². The summed E-state index contributed by atoms with van der Waals surface area (Å²) < 4.78 is 15.4. The summed E-state index contributed by atoms with van der Waals surface area (Å²) in [5.41, 5.74) is 15.6. The third-order valence-corrected chi connectivity index (χ3v) is 7.12. The minimum Gasteiger partial charge on any atom is -0.206 e. The molecule has 168 valence electrons. The van der Waals surface area contributed by atoms with Gasteiger partial charge in [-0.3, -0.25) is 0 Å². The fourth-order valence-corrected chi connectivity index (χ4v) is 5.67. The van der Waals surface area contributed by atoms with E-state index in [-0.39, 0.29) is 5.82 Å². The van der Waals surface area contributed by atoms with E-state index in [1.165, 1.54) is 27.8 Å². The van der Waals surface area contributed by atoms with Crippen molar-refractivity contribution in [3.63, 3.8) is 0 Å². The molecule has 0 aliphatic heterocycles. The summed E-state index contributed by atoms with van der Waals surface area (Å²) in [6.45, 7) is 6.28. The average Bonchev–Trinajstić information content (AvgIpc) is 3.10. The molecule has 6 rings (SSSR count). The molecule has 4 aromatic carbocycles. The zero-order valence-corrected chi connectivity index (χ0v) is 20.1. The molecule has 1 heteroatoms. The zero-order valence-electron chi connectivity index (χ0n) is 20.1. The maximum absolute atomic E-state index is 15.4. The minimum absolute atomic E-state index is 0.212. The summed E-state index contributed by atoms with van der Waals surface area (Å²) in [5.74, 6) is -0.212. The summed E-state index contributed by atoms with van der Waals surface area (Å²) in [6, 6.07) is 22.1. The van der Waals surface area contributed by atoms with E-state index in [0.717, 1.165) is 38.6 Å².